The Balaban J connectivity index is 1.59. The zero-order valence-electron chi connectivity index (χ0n) is 12.8. The van der Waals surface area contributed by atoms with E-state index in [9.17, 15) is 4.79 Å². The van der Waals surface area contributed by atoms with Gasteiger partial charge in [0.1, 0.15) is 11.9 Å². The van der Waals surface area contributed by atoms with Crippen LogP contribution < -0.4 is 15.4 Å². The molecule has 1 aliphatic heterocycles. The Hall–Kier alpha value is -1.59. The Labute approximate surface area is 126 Å². The van der Waals surface area contributed by atoms with Gasteiger partial charge in [-0.3, -0.25) is 4.79 Å². The SMILES string of the molecule is COCCNC(=O)CCNCC1Cc2cc(C)ccc2O1. The van der Waals surface area contributed by atoms with Crippen LogP contribution in [0.2, 0.25) is 0 Å². The molecule has 1 atom stereocenters. The number of hydrogen-bond donors (Lipinski definition) is 2. The second kappa shape index (κ2) is 8.00. The van der Waals surface area contributed by atoms with E-state index in [1.165, 1.54) is 11.1 Å². The minimum absolute atomic E-state index is 0.0470. The number of benzene rings is 1. The van der Waals surface area contributed by atoms with E-state index in [4.69, 9.17) is 9.47 Å². The maximum Gasteiger partial charge on any atom is 0.221 e. The van der Waals surface area contributed by atoms with Crippen LogP contribution >= 0.6 is 0 Å². The van der Waals surface area contributed by atoms with Crippen LogP contribution in [0.3, 0.4) is 0 Å². The molecule has 0 aliphatic carbocycles. The predicted molar refractivity (Wildman–Crippen MR) is 81.7 cm³/mol. The average Bonchev–Trinajstić information content (AvgIpc) is 2.85. The molecule has 2 N–H and O–H groups in total. The van der Waals surface area contributed by atoms with Gasteiger partial charge in [-0.1, -0.05) is 17.7 Å². The highest BCUT2D eigenvalue weighted by atomic mass is 16.5. The van der Waals surface area contributed by atoms with Crippen molar-refractivity contribution in [3.63, 3.8) is 0 Å². The van der Waals surface area contributed by atoms with Crippen molar-refractivity contribution in [2.75, 3.05) is 33.4 Å². The van der Waals surface area contributed by atoms with Crippen molar-refractivity contribution in [2.24, 2.45) is 0 Å². The summed E-state index contributed by atoms with van der Waals surface area (Å²) in [5.74, 6) is 1.04. The summed E-state index contributed by atoms with van der Waals surface area (Å²) in [6.07, 6.45) is 1.57. The normalized spacial score (nSPS) is 16.4. The molecule has 116 valence electrons. The number of nitrogens with one attached hydrogen (secondary N) is 2. The maximum absolute atomic E-state index is 11.5. The van der Waals surface area contributed by atoms with Crippen molar-refractivity contribution in [2.45, 2.75) is 25.9 Å². The van der Waals surface area contributed by atoms with Crippen LogP contribution in [0.15, 0.2) is 18.2 Å². The second-order valence-corrected chi connectivity index (χ2v) is 5.35. The van der Waals surface area contributed by atoms with Gasteiger partial charge in [0, 0.05) is 39.6 Å². The van der Waals surface area contributed by atoms with Gasteiger partial charge < -0.3 is 20.1 Å². The van der Waals surface area contributed by atoms with E-state index in [2.05, 4.69) is 29.7 Å². The van der Waals surface area contributed by atoms with Gasteiger partial charge in [-0.25, -0.2) is 0 Å². The lowest BCUT2D eigenvalue weighted by Gasteiger charge is -2.11. The topological polar surface area (TPSA) is 59.6 Å². The maximum atomic E-state index is 11.5. The number of rotatable bonds is 8. The summed E-state index contributed by atoms with van der Waals surface area (Å²) in [7, 11) is 1.62. The summed E-state index contributed by atoms with van der Waals surface area (Å²) in [4.78, 5) is 11.5. The summed E-state index contributed by atoms with van der Waals surface area (Å²) < 4.78 is 10.7. The summed E-state index contributed by atoms with van der Waals surface area (Å²) in [6.45, 7) is 4.63. The van der Waals surface area contributed by atoms with Gasteiger partial charge in [-0.2, -0.15) is 0 Å². The van der Waals surface area contributed by atoms with Crippen molar-refractivity contribution in [3.05, 3.63) is 29.3 Å². The Morgan fingerprint density at radius 1 is 1.43 bits per heavy atom. The number of carbonyl (C=O) groups is 1. The minimum Gasteiger partial charge on any atom is -0.488 e. The van der Waals surface area contributed by atoms with Gasteiger partial charge >= 0.3 is 0 Å². The molecule has 0 spiro atoms. The molecule has 0 saturated carbocycles. The molecule has 0 saturated heterocycles. The number of aryl methyl sites for hydroxylation is 1. The van der Waals surface area contributed by atoms with Crippen LogP contribution in [0.25, 0.3) is 0 Å². The monoisotopic (exact) mass is 292 g/mol. The fourth-order valence-electron chi connectivity index (χ4n) is 2.41. The van der Waals surface area contributed by atoms with Gasteiger partial charge in [0.2, 0.25) is 5.91 Å². The quantitative estimate of drug-likeness (QED) is 0.703. The highest BCUT2D eigenvalue weighted by Gasteiger charge is 2.22. The molecule has 1 heterocycles. The molecular weight excluding hydrogens is 268 g/mol. The molecule has 5 heteroatoms. The molecule has 1 amide bonds. The van der Waals surface area contributed by atoms with Crippen LogP contribution in [0, 0.1) is 6.92 Å². The van der Waals surface area contributed by atoms with Crippen LogP contribution in [0.1, 0.15) is 17.5 Å². The van der Waals surface area contributed by atoms with E-state index < -0.39 is 0 Å². The van der Waals surface area contributed by atoms with E-state index in [0.29, 0.717) is 26.1 Å². The van der Waals surface area contributed by atoms with Gasteiger partial charge in [-0.05, 0) is 18.6 Å². The molecule has 21 heavy (non-hydrogen) atoms. The number of fused-ring (bicyclic) bond motifs is 1. The van der Waals surface area contributed by atoms with Crippen molar-refractivity contribution in [3.8, 4) is 5.75 Å². The molecule has 1 unspecified atom stereocenters. The smallest absolute Gasteiger partial charge is 0.221 e. The molecule has 1 aromatic rings. The Morgan fingerprint density at radius 3 is 3.10 bits per heavy atom. The minimum atomic E-state index is 0.0470. The molecule has 1 aliphatic rings. The lowest BCUT2D eigenvalue weighted by Crippen LogP contribution is -2.34. The fourth-order valence-corrected chi connectivity index (χ4v) is 2.41. The van der Waals surface area contributed by atoms with Crippen molar-refractivity contribution < 1.29 is 14.3 Å². The van der Waals surface area contributed by atoms with Crippen LogP contribution in [0.4, 0.5) is 0 Å². The van der Waals surface area contributed by atoms with E-state index in [0.717, 1.165) is 18.7 Å². The van der Waals surface area contributed by atoms with Crippen molar-refractivity contribution in [1.82, 2.24) is 10.6 Å². The third kappa shape index (κ3) is 5.02. The average molecular weight is 292 g/mol. The first-order chi connectivity index (χ1) is 10.2. The molecule has 0 bridgehead atoms. The molecule has 1 aromatic carbocycles. The Bertz CT molecular complexity index is 477. The predicted octanol–water partition coefficient (Wildman–Crippen LogP) is 1.04. The van der Waals surface area contributed by atoms with Crippen LogP contribution in [0.5, 0.6) is 5.75 Å². The number of ether oxygens (including phenoxy) is 2. The summed E-state index contributed by atoms with van der Waals surface area (Å²) in [6, 6.07) is 6.28. The lowest BCUT2D eigenvalue weighted by atomic mass is 10.1. The van der Waals surface area contributed by atoms with E-state index in [1.54, 1.807) is 7.11 Å². The standard InChI is InChI=1S/C16H24N2O3/c1-12-3-4-15-13(9-12)10-14(21-15)11-17-6-5-16(19)18-7-8-20-2/h3-4,9,14,17H,5-8,10-11H2,1-2H3,(H,18,19). The molecule has 0 radical (unpaired) electrons. The first-order valence-electron chi connectivity index (χ1n) is 7.41. The van der Waals surface area contributed by atoms with Crippen LogP contribution in [-0.4, -0.2) is 45.4 Å². The molecule has 0 fully saturated rings. The zero-order chi connectivity index (χ0) is 15.1. The largest absolute Gasteiger partial charge is 0.488 e. The fraction of sp³-hybridized carbons (Fsp3) is 0.562. The first-order valence-corrected chi connectivity index (χ1v) is 7.41. The molecule has 5 nitrogen and oxygen atoms in total. The Kier molecular flexibility index (Phi) is 6.02. The summed E-state index contributed by atoms with van der Waals surface area (Å²) in [5, 5.41) is 6.08. The summed E-state index contributed by atoms with van der Waals surface area (Å²) in [5.41, 5.74) is 2.54. The number of methoxy groups -OCH3 is 1. The number of amides is 1. The molecule has 2 rings (SSSR count). The van der Waals surface area contributed by atoms with Gasteiger partial charge in [0.15, 0.2) is 0 Å². The zero-order valence-corrected chi connectivity index (χ0v) is 12.8. The van der Waals surface area contributed by atoms with Crippen LogP contribution in [-0.2, 0) is 16.0 Å². The summed E-state index contributed by atoms with van der Waals surface area (Å²) >= 11 is 0. The highest BCUT2D eigenvalue weighted by Crippen LogP contribution is 2.29. The van der Waals surface area contributed by atoms with E-state index in [-0.39, 0.29) is 12.0 Å². The van der Waals surface area contributed by atoms with Crippen molar-refractivity contribution in [1.29, 1.82) is 0 Å². The lowest BCUT2D eigenvalue weighted by molar-refractivity contribution is -0.121. The molecular formula is C16H24N2O3. The first kappa shape index (κ1) is 15.8. The highest BCUT2D eigenvalue weighted by molar-refractivity contribution is 5.76. The van der Waals surface area contributed by atoms with Gasteiger partial charge in [0.25, 0.3) is 0 Å². The van der Waals surface area contributed by atoms with E-state index >= 15 is 0 Å². The number of hydrogen-bond acceptors (Lipinski definition) is 4. The second-order valence-electron chi connectivity index (χ2n) is 5.35. The third-order valence-electron chi connectivity index (χ3n) is 3.49. The van der Waals surface area contributed by atoms with E-state index in [1.807, 2.05) is 6.07 Å². The van der Waals surface area contributed by atoms with Gasteiger partial charge in [0.05, 0.1) is 6.61 Å². The number of carbonyl (C=O) groups excluding carboxylic acids is 1. The van der Waals surface area contributed by atoms with Gasteiger partial charge in [-0.15, -0.1) is 0 Å². The van der Waals surface area contributed by atoms with Crippen molar-refractivity contribution >= 4 is 5.91 Å². The Morgan fingerprint density at radius 2 is 2.29 bits per heavy atom. The third-order valence-corrected chi connectivity index (χ3v) is 3.49. The molecule has 0 aromatic heterocycles.